The van der Waals surface area contributed by atoms with Crippen LogP contribution in [0.3, 0.4) is 0 Å². The van der Waals surface area contributed by atoms with Crippen molar-refractivity contribution in [3.63, 3.8) is 0 Å². The summed E-state index contributed by atoms with van der Waals surface area (Å²) in [5.41, 5.74) is 8.98. The highest BCUT2D eigenvalue weighted by atomic mass is 16.3. The van der Waals surface area contributed by atoms with E-state index in [4.69, 9.17) is 19.4 Å². The fraction of sp³-hybridized carbons (Fsp3) is 0. The Bertz CT molecular complexity index is 3240. The van der Waals surface area contributed by atoms with Crippen LogP contribution in [0.5, 0.6) is 0 Å². The first-order valence-corrected chi connectivity index (χ1v) is 18.5. The molecule has 0 unspecified atom stereocenters. The Morgan fingerprint density at radius 2 is 0.818 bits per heavy atom. The number of nitrogens with zero attached hydrogens (tertiary/aromatic N) is 3. The zero-order valence-electron chi connectivity index (χ0n) is 29.6. The SMILES string of the molecule is c1ccc(-c2cc(-c3ccc(-c4nc(-c5ccccc5)nc(-c5ccc6ccc7ccccc7c6c5)n4)cc3)c3c(c2)oc2cc4ccccc4cc23)cc1. The molecule has 2 aromatic heterocycles. The summed E-state index contributed by atoms with van der Waals surface area (Å²) < 4.78 is 6.61. The summed E-state index contributed by atoms with van der Waals surface area (Å²) in [5.74, 6) is 1.89. The van der Waals surface area contributed by atoms with Crippen LogP contribution in [-0.2, 0) is 0 Å². The molecule has 0 spiro atoms. The average Bonchev–Trinajstić information content (AvgIpc) is 3.62. The highest BCUT2D eigenvalue weighted by Gasteiger charge is 2.18. The zero-order valence-corrected chi connectivity index (χ0v) is 29.6. The minimum Gasteiger partial charge on any atom is -0.456 e. The van der Waals surface area contributed by atoms with E-state index in [9.17, 15) is 0 Å². The standard InChI is InChI=1S/C51H31N3O/c1-3-11-32(12-4-1)41-29-44(48-45-27-38-16-7-8-17-39(38)30-46(45)55-47(48)31-41)35-21-24-37(25-22-35)50-52-49(36-14-5-2-6-15-36)53-51(54-50)40-26-23-34-20-19-33-13-9-10-18-42(33)43(34)28-40/h1-31H. The van der Waals surface area contributed by atoms with Crippen LogP contribution >= 0.6 is 0 Å². The number of aromatic nitrogens is 3. The summed E-state index contributed by atoms with van der Waals surface area (Å²) in [6, 6.07) is 65.8. The van der Waals surface area contributed by atoms with E-state index in [2.05, 4.69) is 152 Å². The molecule has 0 fully saturated rings. The highest BCUT2D eigenvalue weighted by molar-refractivity contribution is 6.16. The molecule has 0 radical (unpaired) electrons. The van der Waals surface area contributed by atoms with E-state index in [1.807, 2.05) is 36.4 Å². The van der Waals surface area contributed by atoms with Crippen LogP contribution in [0.1, 0.15) is 0 Å². The van der Waals surface area contributed by atoms with E-state index >= 15 is 0 Å². The summed E-state index contributed by atoms with van der Waals surface area (Å²) in [5, 5.41) is 9.32. The van der Waals surface area contributed by atoms with Crippen LogP contribution in [0.2, 0.25) is 0 Å². The second-order valence-corrected chi connectivity index (χ2v) is 14.0. The third-order valence-electron chi connectivity index (χ3n) is 10.7. The fourth-order valence-electron chi connectivity index (χ4n) is 7.91. The van der Waals surface area contributed by atoms with Crippen LogP contribution in [0.15, 0.2) is 192 Å². The second-order valence-electron chi connectivity index (χ2n) is 14.0. The Morgan fingerprint density at radius 1 is 0.291 bits per heavy atom. The molecule has 0 bridgehead atoms. The molecule has 0 amide bonds. The number of rotatable bonds is 5. The van der Waals surface area contributed by atoms with Gasteiger partial charge in [-0.25, -0.2) is 15.0 Å². The molecular weight excluding hydrogens is 671 g/mol. The molecule has 11 aromatic rings. The van der Waals surface area contributed by atoms with Crippen LogP contribution in [0, 0.1) is 0 Å². The zero-order chi connectivity index (χ0) is 36.3. The van der Waals surface area contributed by atoms with E-state index < -0.39 is 0 Å². The molecule has 0 aliphatic rings. The van der Waals surface area contributed by atoms with E-state index in [0.717, 1.165) is 66.3 Å². The Kier molecular flexibility index (Phi) is 7.14. The van der Waals surface area contributed by atoms with Crippen molar-refractivity contribution >= 4 is 54.3 Å². The fourth-order valence-corrected chi connectivity index (χ4v) is 7.91. The van der Waals surface area contributed by atoms with Gasteiger partial charge < -0.3 is 4.42 Å². The van der Waals surface area contributed by atoms with Gasteiger partial charge in [-0.3, -0.25) is 0 Å². The van der Waals surface area contributed by atoms with E-state index in [0.29, 0.717) is 17.5 Å². The van der Waals surface area contributed by atoms with Gasteiger partial charge in [-0.2, -0.15) is 0 Å². The molecule has 4 nitrogen and oxygen atoms in total. The lowest BCUT2D eigenvalue weighted by atomic mass is 9.93. The average molecular weight is 702 g/mol. The molecular formula is C51H31N3O. The maximum Gasteiger partial charge on any atom is 0.164 e. The molecule has 0 aliphatic carbocycles. The Balaban J connectivity index is 1.07. The van der Waals surface area contributed by atoms with Crippen molar-refractivity contribution in [3.8, 4) is 56.4 Å². The molecule has 2 heterocycles. The third-order valence-corrected chi connectivity index (χ3v) is 10.7. The number of benzene rings is 9. The van der Waals surface area contributed by atoms with Crippen molar-refractivity contribution in [2.24, 2.45) is 0 Å². The number of hydrogen-bond donors (Lipinski definition) is 0. The van der Waals surface area contributed by atoms with Gasteiger partial charge in [-0.05, 0) is 84.9 Å². The van der Waals surface area contributed by atoms with Gasteiger partial charge in [0.1, 0.15) is 11.2 Å². The largest absolute Gasteiger partial charge is 0.456 e. The molecule has 0 saturated heterocycles. The molecule has 4 heteroatoms. The predicted molar refractivity (Wildman–Crippen MR) is 227 cm³/mol. The van der Waals surface area contributed by atoms with Crippen molar-refractivity contribution < 1.29 is 4.42 Å². The second kappa shape index (κ2) is 12.6. The lowest BCUT2D eigenvalue weighted by Gasteiger charge is -2.11. The predicted octanol–water partition coefficient (Wildman–Crippen LogP) is 13.6. The summed E-state index contributed by atoms with van der Waals surface area (Å²) in [7, 11) is 0. The van der Waals surface area contributed by atoms with Crippen molar-refractivity contribution in [1.82, 2.24) is 15.0 Å². The van der Waals surface area contributed by atoms with Gasteiger partial charge in [0.05, 0.1) is 0 Å². The van der Waals surface area contributed by atoms with Gasteiger partial charge in [-0.1, -0.05) is 158 Å². The van der Waals surface area contributed by atoms with E-state index in [1.165, 1.54) is 26.9 Å². The van der Waals surface area contributed by atoms with Gasteiger partial charge in [0.15, 0.2) is 17.5 Å². The van der Waals surface area contributed by atoms with Crippen molar-refractivity contribution in [2.75, 3.05) is 0 Å². The summed E-state index contributed by atoms with van der Waals surface area (Å²) in [4.78, 5) is 15.2. The van der Waals surface area contributed by atoms with Gasteiger partial charge in [0, 0.05) is 27.5 Å². The first kappa shape index (κ1) is 31.1. The van der Waals surface area contributed by atoms with E-state index in [-0.39, 0.29) is 0 Å². The van der Waals surface area contributed by atoms with Crippen LogP contribution in [-0.4, -0.2) is 15.0 Å². The first-order valence-electron chi connectivity index (χ1n) is 18.5. The smallest absolute Gasteiger partial charge is 0.164 e. The molecule has 11 rings (SSSR count). The summed E-state index contributed by atoms with van der Waals surface area (Å²) >= 11 is 0. The van der Waals surface area contributed by atoms with Gasteiger partial charge in [0.25, 0.3) is 0 Å². The highest BCUT2D eigenvalue weighted by Crippen LogP contribution is 2.42. The van der Waals surface area contributed by atoms with E-state index in [1.54, 1.807) is 0 Å². The van der Waals surface area contributed by atoms with Crippen LogP contribution in [0.25, 0.3) is 111 Å². The minimum atomic E-state index is 0.622. The van der Waals surface area contributed by atoms with Crippen molar-refractivity contribution in [1.29, 1.82) is 0 Å². The number of fused-ring (bicyclic) bond motifs is 7. The molecule has 0 saturated carbocycles. The monoisotopic (exact) mass is 701 g/mol. The molecule has 0 N–H and O–H groups in total. The first-order chi connectivity index (χ1) is 27.2. The topological polar surface area (TPSA) is 51.8 Å². The minimum absolute atomic E-state index is 0.622. The molecule has 0 aliphatic heterocycles. The molecule has 9 aromatic carbocycles. The lowest BCUT2D eigenvalue weighted by Crippen LogP contribution is -2.00. The van der Waals surface area contributed by atoms with Gasteiger partial charge in [0.2, 0.25) is 0 Å². The van der Waals surface area contributed by atoms with Gasteiger partial charge in [-0.15, -0.1) is 0 Å². The normalized spacial score (nSPS) is 11.6. The van der Waals surface area contributed by atoms with Crippen LogP contribution < -0.4 is 0 Å². The Morgan fingerprint density at radius 3 is 1.55 bits per heavy atom. The molecule has 0 atom stereocenters. The van der Waals surface area contributed by atoms with Crippen LogP contribution in [0.4, 0.5) is 0 Å². The quantitative estimate of drug-likeness (QED) is 0.168. The lowest BCUT2D eigenvalue weighted by molar-refractivity contribution is 0.669. The van der Waals surface area contributed by atoms with Crippen molar-refractivity contribution in [2.45, 2.75) is 0 Å². The maximum atomic E-state index is 6.61. The Labute approximate surface area is 317 Å². The van der Waals surface area contributed by atoms with Crippen molar-refractivity contribution in [3.05, 3.63) is 188 Å². The Hall–Kier alpha value is -7.43. The third kappa shape index (κ3) is 5.43. The number of furan rings is 1. The van der Waals surface area contributed by atoms with Gasteiger partial charge >= 0.3 is 0 Å². The number of hydrogen-bond acceptors (Lipinski definition) is 4. The molecule has 55 heavy (non-hydrogen) atoms. The summed E-state index contributed by atoms with van der Waals surface area (Å²) in [6.07, 6.45) is 0. The summed E-state index contributed by atoms with van der Waals surface area (Å²) in [6.45, 7) is 0. The molecule has 256 valence electrons. The maximum absolute atomic E-state index is 6.61.